The van der Waals surface area contributed by atoms with E-state index < -0.39 is 0 Å². The van der Waals surface area contributed by atoms with Crippen LogP contribution in [-0.2, 0) is 0 Å². The van der Waals surface area contributed by atoms with E-state index in [1.807, 2.05) is 0 Å². The quantitative estimate of drug-likeness (QED) is 0.635. The Kier molecular flexibility index (Phi) is 6.76. The van der Waals surface area contributed by atoms with E-state index in [1.165, 1.54) is 12.8 Å². The lowest BCUT2D eigenvalue weighted by atomic mass is 9.64. The van der Waals surface area contributed by atoms with Gasteiger partial charge in [0.1, 0.15) is 0 Å². The van der Waals surface area contributed by atoms with Crippen molar-refractivity contribution in [1.29, 1.82) is 0 Å². The zero-order valence-corrected chi connectivity index (χ0v) is 15.4. The molecule has 0 aromatic heterocycles. The molecule has 0 aliphatic rings. The minimum Gasteiger partial charge on any atom is -0.325 e. The van der Waals surface area contributed by atoms with Crippen LogP contribution in [0.1, 0.15) is 93.9 Å². The molecule has 0 aliphatic carbocycles. The fraction of sp³-hybridized carbons (Fsp3) is 1.00. The second kappa shape index (κ2) is 6.79. The van der Waals surface area contributed by atoms with Gasteiger partial charge in [0.05, 0.1) is 0 Å². The fourth-order valence-corrected chi connectivity index (χ4v) is 2.94. The lowest BCUT2D eigenvalue weighted by Gasteiger charge is -2.45. The van der Waals surface area contributed by atoms with Crippen LogP contribution in [-0.4, -0.2) is 11.1 Å². The Bertz CT molecular complexity index is 286. The third kappa shape index (κ3) is 4.73. The number of rotatable bonds is 9. The van der Waals surface area contributed by atoms with E-state index in [-0.39, 0.29) is 21.9 Å². The molecule has 20 heavy (non-hydrogen) atoms. The highest BCUT2D eigenvalue weighted by molar-refractivity contribution is 4.97. The Balaban J connectivity index is 4.65. The first-order valence-electron chi connectivity index (χ1n) is 8.41. The van der Waals surface area contributed by atoms with Gasteiger partial charge in [-0.1, -0.05) is 47.5 Å². The Hall–Kier alpha value is -0.0800. The average Bonchev–Trinajstić information content (AvgIpc) is 2.26. The van der Waals surface area contributed by atoms with E-state index in [9.17, 15) is 0 Å². The van der Waals surface area contributed by atoms with Crippen molar-refractivity contribution in [2.24, 2.45) is 22.3 Å². The van der Waals surface area contributed by atoms with Crippen LogP contribution in [0.2, 0.25) is 0 Å². The molecule has 122 valence electrons. The summed E-state index contributed by atoms with van der Waals surface area (Å²) in [4.78, 5) is 0. The Morgan fingerprint density at radius 3 is 1.60 bits per heavy atom. The lowest BCUT2D eigenvalue weighted by molar-refractivity contribution is 0.110. The molecule has 0 amide bonds. The molecular weight excluding hydrogens is 244 g/mol. The van der Waals surface area contributed by atoms with E-state index in [0.717, 1.165) is 25.7 Å². The second-order valence-corrected chi connectivity index (χ2v) is 8.54. The molecule has 2 atom stereocenters. The van der Waals surface area contributed by atoms with E-state index in [1.54, 1.807) is 0 Å². The smallest absolute Gasteiger partial charge is 0.0180 e. The highest BCUT2D eigenvalue weighted by Crippen LogP contribution is 2.42. The van der Waals surface area contributed by atoms with Crippen LogP contribution >= 0.6 is 0 Å². The number of nitrogens with two attached hydrogens (primary N) is 2. The molecule has 4 N–H and O–H groups in total. The van der Waals surface area contributed by atoms with Gasteiger partial charge in [-0.15, -0.1) is 0 Å². The molecule has 0 fully saturated rings. The molecule has 0 heterocycles. The SMILES string of the molecule is CCCC(C)(CC)C(C)(N)CCCC(C)(C)C(C)(C)N. The maximum absolute atomic E-state index is 6.70. The van der Waals surface area contributed by atoms with Crippen LogP contribution in [0.3, 0.4) is 0 Å². The van der Waals surface area contributed by atoms with E-state index in [0.29, 0.717) is 0 Å². The maximum atomic E-state index is 6.70. The summed E-state index contributed by atoms with van der Waals surface area (Å²) >= 11 is 0. The third-order valence-electron chi connectivity index (χ3n) is 6.20. The molecule has 2 unspecified atom stereocenters. The van der Waals surface area contributed by atoms with Crippen LogP contribution in [0.25, 0.3) is 0 Å². The van der Waals surface area contributed by atoms with Crippen LogP contribution in [0.5, 0.6) is 0 Å². The van der Waals surface area contributed by atoms with Crippen molar-refractivity contribution in [3.8, 4) is 0 Å². The summed E-state index contributed by atoms with van der Waals surface area (Å²) < 4.78 is 0. The van der Waals surface area contributed by atoms with E-state index in [2.05, 4.69) is 55.4 Å². The largest absolute Gasteiger partial charge is 0.325 e. The van der Waals surface area contributed by atoms with Gasteiger partial charge in [-0.3, -0.25) is 0 Å². The van der Waals surface area contributed by atoms with Crippen LogP contribution in [0.15, 0.2) is 0 Å². The summed E-state index contributed by atoms with van der Waals surface area (Å²) in [7, 11) is 0. The Morgan fingerprint density at radius 1 is 0.750 bits per heavy atom. The predicted octanol–water partition coefficient (Wildman–Crippen LogP) is 4.85. The normalized spacial score (nSPS) is 19.5. The summed E-state index contributed by atoms with van der Waals surface area (Å²) in [6.07, 6.45) is 6.94. The van der Waals surface area contributed by atoms with Crippen LogP contribution < -0.4 is 11.5 Å². The van der Waals surface area contributed by atoms with Crippen molar-refractivity contribution in [3.05, 3.63) is 0 Å². The van der Waals surface area contributed by atoms with Crippen molar-refractivity contribution in [1.82, 2.24) is 0 Å². The lowest BCUT2D eigenvalue weighted by Crippen LogP contribution is -2.52. The van der Waals surface area contributed by atoms with Crippen molar-refractivity contribution in [2.75, 3.05) is 0 Å². The van der Waals surface area contributed by atoms with Gasteiger partial charge in [0.25, 0.3) is 0 Å². The highest BCUT2D eigenvalue weighted by Gasteiger charge is 2.40. The molecule has 0 aromatic carbocycles. The molecule has 0 saturated carbocycles. The summed E-state index contributed by atoms with van der Waals surface area (Å²) in [6.45, 7) is 17.9. The summed E-state index contributed by atoms with van der Waals surface area (Å²) in [6, 6.07) is 0. The summed E-state index contributed by atoms with van der Waals surface area (Å²) in [5, 5.41) is 0. The van der Waals surface area contributed by atoms with Gasteiger partial charge in [-0.2, -0.15) is 0 Å². The van der Waals surface area contributed by atoms with Crippen molar-refractivity contribution in [2.45, 2.75) is 105 Å². The highest BCUT2D eigenvalue weighted by atomic mass is 14.8. The minimum absolute atomic E-state index is 0.0907. The maximum Gasteiger partial charge on any atom is 0.0180 e. The van der Waals surface area contributed by atoms with Gasteiger partial charge in [-0.05, 0) is 57.3 Å². The average molecular weight is 285 g/mol. The van der Waals surface area contributed by atoms with Gasteiger partial charge in [0, 0.05) is 11.1 Å². The number of hydrogen-bond donors (Lipinski definition) is 2. The number of hydrogen-bond acceptors (Lipinski definition) is 2. The molecule has 2 nitrogen and oxygen atoms in total. The van der Waals surface area contributed by atoms with Crippen molar-refractivity contribution < 1.29 is 0 Å². The van der Waals surface area contributed by atoms with Gasteiger partial charge in [-0.25, -0.2) is 0 Å². The molecule has 0 bridgehead atoms. The standard InChI is InChI=1S/C18H40N2/c1-9-12-17(7,10-2)18(8,20)14-11-13-15(3,4)16(5,6)19/h9-14,19-20H2,1-8H3. The second-order valence-electron chi connectivity index (χ2n) is 8.54. The topological polar surface area (TPSA) is 52.0 Å². The van der Waals surface area contributed by atoms with Gasteiger partial charge < -0.3 is 11.5 Å². The Morgan fingerprint density at radius 2 is 1.25 bits per heavy atom. The van der Waals surface area contributed by atoms with E-state index in [4.69, 9.17) is 11.5 Å². The molecule has 0 aromatic rings. The molecular formula is C18H40N2. The van der Waals surface area contributed by atoms with Crippen molar-refractivity contribution in [3.63, 3.8) is 0 Å². The molecule has 2 heteroatoms. The molecule has 0 rings (SSSR count). The first-order chi connectivity index (χ1) is 8.83. The monoisotopic (exact) mass is 284 g/mol. The Labute approximate surface area is 128 Å². The van der Waals surface area contributed by atoms with Crippen LogP contribution in [0.4, 0.5) is 0 Å². The minimum atomic E-state index is -0.143. The zero-order valence-electron chi connectivity index (χ0n) is 15.4. The van der Waals surface area contributed by atoms with Gasteiger partial charge in [0.2, 0.25) is 0 Å². The first-order valence-corrected chi connectivity index (χ1v) is 8.41. The molecule has 0 radical (unpaired) electrons. The molecule has 0 spiro atoms. The third-order valence-corrected chi connectivity index (χ3v) is 6.20. The van der Waals surface area contributed by atoms with Gasteiger partial charge >= 0.3 is 0 Å². The van der Waals surface area contributed by atoms with Crippen molar-refractivity contribution >= 4 is 0 Å². The van der Waals surface area contributed by atoms with E-state index >= 15 is 0 Å². The fourth-order valence-electron chi connectivity index (χ4n) is 2.94. The first kappa shape index (κ1) is 19.9. The zero-order chi connectivity index (χ0) is 16.2. The van der Waals surface area contributed by atoms with Gasteiger partial charge in [0.15, 0.2) is 0 Å². The predicted molar refractivity (Wildman–Crippen MR) is 91.8 cm³/mol. The molecule has 0 aliphatic heterocycles. The summed E-state index contributed by atoms with van der Waals surface area (Å²) in [5.41, 5.74) is 13.1. The van der Waals surface area contributed by atoms with Crippen LogP contribution in [0, 0.1) is 10.8 Å². The summed E-state index contributed by atoms with van der Waals surface area (Å²) in [5.74, 6) is 0. The molecule has 0 saturated heterocycles.